The number of halogens is 1. The van der Waals surface area contributed by atoms with E-state index in [9.17, 15) is 22.4 Å². The lowest BCUT2D eigenvalue weighted by Gasteiger charge is -2.23. The van der Waals surface area contributed by atoms with E-state index in [1.54, 1.807) is 25.1 Å². The van der Waals surface area contributed by atoms with Gasteiger partial charge in [-0.2, -0.15) is 4.31 Å². The SMILES string of the molecule is CC(=O)c1c(C)oc2ccc(N(C(=O)c3ccccc3)S(=O)(=O)c3ccc(F)cc3)cc12. The smallest absolute Gasteiger partial charge is 0.272 e. The minimum atomic E-state index is -4.41. The first-order valence-electron chi connectivity index (χ1n) is 9.64. The second-order valence-electron chi connectivity index (χ2n) is 7.16. The highest BCUT2D eigenvalue weighted by Crippen LogP contribution is 2.33. The monoisotopic (exact) mass is 451 g/mol. The number of aryl methyl sites for hydroxylation is 1. The molecule has 4 rings (SSSR count). The molecule has 1 aromatic heterocycles. The topological polar surface area (TPSA) is 84.7 Å². The van der Waals surface area contributed by atoms with Gasteiger partial charge in [-0.3, -0.25) is 9.59 Å². The number of hydrogen-bond donors (Lipinski definition) is 0. The van der Waals surface area contributed by atoms with Crippen molar-refractivity contribution in [2.24, 2.45) is 0 Å². The Balaban J connectivity index is 1.96. The van der Waals surface area contributed by atoms with Crippen LogP contribution in [0, 0.1) is 12.7 Å². The van der Waals surface area contributed by atoms with Crippen molar-refractivity contribution in [1.29, 1.82) is 0 Å². The third-order valence-corrected chi connectivity index (χ3v) is 6.72. The lowest BCUT2D eigenvalue weighted by molar-refractivity contribution is 0.1000. The zero-order valence-electron chi connectivity index (χ0n) is 17.2. The summed E-state index contributed by atoms with van der Waals surface area (Å²) < 4.78 is 46.7. The summed E-state index contributed by atoms with van der Waals surface area (Å²) in [6.45, 7) is 3.02. The van der Waals surface area contributed by atoms with Crippen molar-refractivity contribution in [1.82, 2.24) is 0 Å². The van der Waals surface area contributed by atoms with Crippen LogP contribution in [0.4, 0.5) is 10.1 Å². The molecule has 8 heteroatoms. The maximum absolute atomic E-state index is 13.5. The molecular weight excluding hydrogens is 433 g/mol. The van der Waals surface area contributed by atoms with E-state index < -0.39 is 21.7 Å². The zero-order chi connectivity index (χ0) is 23.0. The highest BCUT2D eigenvalue weighted by molar-refractivity contribution is 7.93. The minimum absolute atomic E-state index is 0.0268. The maximum Gasteiger partial charge on any atom is 0.272 e. The predicted molar refractivity (Wildman–Crippen MR) is 118 cm³/mol. The van der Waals surface area contributed by atoms with E-state index in [2.05, 4.69) is 0 Å². The van der Waals surface area contributed by atoms with Crippen LogP contribution >= 0.6 is 0 Å². The first-order valence-corrected chi connectivity index (χ1v) is 11.1. The van der Waals surface area contributed by atoms with Crippen molar-refractivity contribution >= 4 is 38.4 Å². The average molecular weight is 451 g/mol. The summed E-state index contributed by atoms with van der Waals surface area (Å²) in [5.74, 6) is -1.25. The second-order valence-corrected chi connectivity index (χ2v) is 8.95. The van der Waals surface area contributed by atoms with Gasteiger partial charge in [0.25, 0.3) is 15.9 Å². The third kappa shape index (κ3) is 3.69. The van der Waals surface area contributed by atoms with Crippen LogP contribution in [-0.4, -0.2) is 20.1 Å². The molecule has 0 unspecified atom stereocenters. The van der Waals surface area contributed by atoms with E-state index in [1.807, 2.05) is 0 Å². The molecule has 1 heterocycles. The maximum atomic E-state index is 13.5. The first kappa shape index (κ1) is 21.5. The number of carbonyl (C=O) groups excluding carboxylic acids is 2. The predicted octanol–water partition coefficient (Wildman–Crippen LogP) is 5.12. The summed E-state index contributed by atoms with van der Waals surface area (Å²) in [5.41, 5.74) is 0.878. The van der Waals surface area contributed by atoms with Gasteiger partial charge in [0.05, 0.1) is 16.1 Å². The molecule has 0 aliphatic carbocycles. The van der Waals surface area contributed by atoms with E-state index in [-0.39, 0.29) is 21.9 Å². The summed E-state index contributed by atoms with van der Waals surface area (Å²) in [6, 6.07) is 16.5. The number of anilines is 1. The summed E-state index contributed by atoms with van der Waals surface area (Å²) in [7, 11) is -4.41. The molecule has 0 spiro atoms. The number of benzene rings is 3. The first-order chi connectivity index (χ1) is 15.2. The van der Waals surface area contributed by atoms with Gasteiger partial charge in [0, 0.05) is 10.9 Å². The Morgan fingerprint density at radius 3 is 2.22 bits per heavy atom. The van der Waals surface area contributed by atoms with Crippen LogP contribution in [0.1, 0.15) is 33.4 Å². The Morgan fingerprint density at radius 2 is 1.59 bits per heavy atom. The Kier molecular flexibility index (Phi) is 5.40. The van der Waals surface area contributed by atoms with E-state index in [1.165, 1.54) is 37.3 Å². The van der Waals surface area contributed by atoms with Gasteiger partial charge in [-0.25, -0.2) is 12.8 Å². The number of furan rings is 1. The standard InChI is InChI=1S/C24H18FNO5S/c1-15(27)23-16(2)31-22-13-10-19(14-21(22)23)26(24(28)17-6-4-3-5-7-17)32(29,30)20-11-8-18(25)9-12-20/h3-14H,1-2H3. The normalized spacial score (nSPS) is 11.5. The Morgan fingerprint density at radius 1 is 0.938 bits per heavy atom. The summed E-state index contributed by atoms with van der Waals surface area (Å²) >= 11 is 0. The van der Waals surface area contributed by atoms with Gasteiger partial charge in [0.15, 0.2) is 5.78 Å². The van der Waals surface area contributed by atoms with Crippen LogP contribution in [-0.2, 0) is 10.0 Å². The third-order valence-electron chi connectivity index (χ3n) is 4.99. The van der Waals surface area contributed by atoms with Gasteiger partial charge in [-0.05, 0) is 68.4 Å². The molecule has 3 aromatic carbocycles. The van der Waals surface area contributed by atoms with E-state index in [4.69, 9.17) is 4.42 Å². The molecule has 0 aliphatic heterocycles. The largest absolute Gasteiger partial charge is 0.461 e. The van der Waals surface area contributed by atoms with Crippen molar-refractivity contribution in [3.8, 4) is 0 Å². The molecule has 1 amide bonds. The molecule has 0 fully saturated rings. The lowest BCUT2D eigenvalue weighted by Crippen LogP contribution is -2.37. The molecule has 0 aliphatic rings. The highest BCUT2D eigenvalue weighted by atomic mass is 32.2. The summed E-state index contributed by atoms with van der Waals surface area (Å²) in [5, 5.41) is 0.396. The van der Waals surface area contributed by atoms with Crippen molar-refractivity contribution < 1.29 is 26.8 Å². The Labute approximate surface area is 183 Å². The molecule has 0 bridgehead atoms. The zero-order valence-corrected chi connectivity index (χ0v) is 18.0. The number of rotatable bonds is 5. The minimum Gasteiger partial charge on any atom is -0.461 e. The van der Waals surface area contributed by atoms with Crippen molar-refractivity contribution in [3.63, 3.8) is 0 Å². The summed E-state index contributed by atoms with van der Waals surface area (Å²) in [6.07, 6.45) is 0. The molecular formula is C24H18FNO5S. The molecule has 0 radical (unpaired) electrons. The Bertz CT molecular complexity index is 1440. The molecule has 6 nitrogen and oxygen atoms in total. The van der Waals surface area contributed by atoms with Crippen LogP contribution in [0.2, 0.25) is 0 Å². The fourth-order valence-corrected chi connectivity index (χ4v) is 4.95. The highest BCUT2D eigenvalue weighted by Gasteiger charge is 2.32. The number of carbonyl (C=O) groups is 2. The van der Waals surface area contributed by atoms with E-state index >= 15 is 0 Å². The molecule has 0 atom stereocenters. The van der Waals surface area contributed by atoms with E-state index in [0.29, 0.717) is 26.6 Å². The van der Waals surface area contributed by atoms with Crippen LogP contribution in [0.3, 0.4) is 0 Å². The van der Waals surface area contributed by atoms with Crippen LogP contribution < -0.4 is 4.31 Å². The molecule has 0 N–H and O–H groups in total. The van der Waals surface area contributed by atoms with Crippen molar-refractivity contribution in [2.75, 3.05) is 4.31 Å². The molecule has 32 heavy (non-hydrogen) atoms. The number of Topliss-reactive ketones (excluding diaryl/α,β-unsaturated/α-hetero) is 1. The van der Waals surface area contributed by atoms with Gasteiger partial charge >= 0.3 is 0 Å². The van der Waals surface area contributed by atoms with Gasteiger partial charge in [-0.1, -0.05) is 18.2 Å². The number of sulfonamides is 1. The lowest BCUT2D eigenvalue weighted by atomic mass is 10.1. The number of fused-ring (bicyclic) bond motifs is 1. The van der Waals surface area contributed by atoms with Crippen LogP contribution in [0.15, 0.2) is 82.1 Å². The second kappa shape index (κ2) is 8.05. The molecule has 4 aromatic rings. The average Bonchev–Trinajstić information content (AvgIpc) is 3.10. The molecule has 0 saturated heterocycles. The molecule has 162 valence electrons. The van der Waals surface area contributed by atoms with Gasteiger partial charge in [0.1, 0.15) is 17.2 Å². The van der Waals surface area contributed by atoms with Gasteiger partial charge in [0.2, 0.25) is 0 Å². The Hall–Kier alpha value is -3.78. The van der Waals surface area contributed by atoms with Crippen LogP contribution in [0.25, 0.3) is 11.0 Å². The number of amides is 1. The molecule has 0 saturated carbocycles. The van der Waals surface area contributed by atoms with Gasteiger partial charge < -0.3 is 4.42 Å². The van der Waals surface area contributed by atoms with Crippen LogP contribution in [0.5, 0.6) is 0 Å². The number of hydrogen-bond acceptors (Lipinski definition) is 5. The van der Waals surface area contributed by atoms with E-state index in [0.717, 1.165) is 24.3 Å². The van der Waals surface area contributed by atoms with Gasteiger partial charge in [-0.15, -0.1) is 0 Å². The quantitative estimate of drug-likeness (QED) is 0.393. The summed E-state index contributed by atoms with van der Waals surface area (Å²) in [4.78, 5) is 25.3. The van der Waals surface area contributed by atoms with Crippen molar-refractivity contribution in [2.45, 2.75) is 18.7 Å². The fraction of sp³-hybridized carbons (Fsp3) is 0.0833. The van der Waals surface area contributed by atoms with Crippen molar-refractivity contribution in [3.05, 3.63) is 95.5 Å². The fourth-order valence-electron chi connectivity index (χ4n) is 3.55. The number of nitrogens with zero attached hydrogens (tertiary/aromatic N) is 1. The number of ketones is 1.